The van der Waals surface area contributed by atoms with Gasteiger partial charge in [0.1, 0.15) is 6.61 Å². The highest BCUT2D eigenvalue weighted by Crippen LogP contribution is 2.21. The number of aromatic nitrogens is 1. The molecule has 2 aromatic carbocycles. The van der Waals surface area contributed by atoms with Crippen LogP contribution in [0, 0.1) is 0 Å². The van der Waals surface area contributed by atoms with Crippen LogP contribution in [0.3, 0.4) is 0 Å². The first kappa shape index (κ1) is 14.0. The molecule has 0 saturated carbocycles. The monoisotopic (exact) mass is 307 g/mol. The molecule has 1 unspecified atom stereocenters. The summed E-state index contributed by atoms with van der Waals surface area (Å²) >= 11 is 0. The first-order chi connectivity index (χ1) is 11.3. The number of benzene rings is 2. The molecular formula is C19H17NO3. The molecule has 0 radical (unpaired) electrons. The molecule has 1 aromatic heterocycles. The van der Waals surface area contributed by atoms with Gasteiger partial charge in [-0.25, -0.2) is 4.79 Å². The minimum absolute atomic E-state index is 0.289. The molecule has 1 atom stereocenters. The van der Waals surface area contributed by atoms with Gasteiger partial charge >= 0.3 is 5.97 Å². The lowest BCUT2D eigenvalue weighted by molar-refractivity contribution is 0.0473. The van der Waals surface area contributed by atoms with Gasteiger partial charge in [-0.3, -0.25) is 0 Å². The predicted octanol–water partition coefficient (Wildman–Crippen LogP) is 3.40. The van der Waals surface area contributed by atoms with E-state index < -0.39 is 0 Å². The van der Waals surface area contributed by atoms with Crippen molar-refractivity contribution >= 4 is 16.9 Å². The van der Waals surface area contributed by atoms with E-state index in [2.05, 4.69) is 4.57 Å². The Morgan fingerprint density at radius 1 is 1.17 bits per heavy atom. The minimum Gasteiger partial charge on any atom is -0.457 e. The zero-order chi connectivity index (χ0) is 15.6. The highest BCUT2D eigenvalue weighted by molar-refractivity contribution is 5.94. The molecule has 23 heavy (non-hydrogen) atoms. The third kappa shape index (κ3) is 3.12. The molecule has 3 aromatic rings. The van der Waals surface area contributed by atoms with Gasteiger partial charge in [0.2, 0.25) is 0 Å². The second-order valence-corrected chi connectivity index (χ2v) is 5.76. The van der Waals surface area contributed by atoms with Gasteiger partial charge < -0.3 is 14.0 Å². The molecule has 2 heterocycles. The molecule has 1 aliphatic rings. The molecule has 4 heteroatoms. The normalized spacial score (nSPS) is 16.4. The molecule has 1 aliphatic heterocycles. The first-order valence-corrected chi connectivity index (χ1v) is 7.71. The first-order valence-electron chi connectivity index (χ1n) is 7.71. The van der Waals surface area contributed by atoms with E-state index in [0.717, 1.165) is 29.6 Å². The van der Waals surface area contributed by atoms with Crippen LogP contribution in [0.2, 0.25) is 0 Å². The Balaban J connectivity index is 1.48. The molecule has 4 nitrogen and oxygen atoms in total. The van der Waals surface area contributed by atoms with E-state index in [9.17, 15) is 4.79 Å². The lowest BCUT2D eigenvalue weighted by Crippen LogP contribution is -2.05. The van der Waals surface area contributed by atoms with Crippen LogP contribution in [-0.2, 0) is 22.6 Å². The van der Waals surface area contributed by atoms with Crippen molar-refractivity contribution in [1.29, 1.82) is 0 Å². The Morgan fingerprint density at radius 2 is 2.00 bits per heavy atom. The maximum Gasteiger partial charge on any atom is 0.338 e. The summed E-state index contributed by atoms with van der Waals surface area (Å²) in [6.07, 6.45) is 2.37. The van der Waals surface area contributed by atoms with Crippen LogP contribution in [0.5, 0.6) is 0 Å². The minimum atomic E-state index is -0.297. The van der Waals surface area contributed by atoms with Crippen molar-refractivity contribution in [2.75, 3.05) is 6.61 Å². The number of carbonyl (C=O) groups is 1. The Kier molecular flexibility index (Phi) is 3.60. The van der Waals surface area contributed by atoms with Gasteiger partial charge in [0.15, 0.2) is 0 Å². The molecule has 1 saturated heterocycles. The topological polar surface area (TPSA) is 43.8 Å². The number of esters is 1. The molecule has 0 aliphatic carbocycles. The third-order valence-corrected chi connectivity index (χ3v) is 4.02. The fraction of sp³-hybridized carbons (Fsp3) is 0.211. The molecular weight excluding hydrogens is 290 g/mol. The zero-order valence-corrected chi connectivity index (χ0v) is 12.6. The Bertz CT molecular complexity index is 834. The fourth-order valence-corrected chi connectivity index (χ4v) is 2.69. The summed E-state index contributed by atoms with van der Waals surface area (Å²) < 4.78 is 12.8. The van der Waals surface area contributed by atoms with Gasteiger partial charge in [-0.1, -0.05) is 30.3 Å². The van der Waals surface area contributed by atoms with Crippen LogP contribution in [0.15, 0.2) is 60.8 Å². The number of fused-ring (bicyclic) bond motifs is 1. The third-order valence-electron chi connectivity index (χ3n) is 4.02. The number of ether oxygens (including phenoxy) is 2. The van der Waals surface area contributed by atoms with Crippen LogP contribution in [0.4, 0.5) is 0 Å². The summed E-state index contributed by atoms with van der Waals surface area (Å²) in [5, 5.41) is 1.04. The summed E-state index contributed by atoms with van der Waals surface area (Å²) in [5.41, 5.74) is 2.67. The zero-order valence-electron chi connectivity index (χ0n) is 12.6. The van der Waals surface area contributed by atoms with E-state index in [1.54, 1.807) is 0 Å². The maximum atomic E-state index is 12.2. The van der Waals surface area contributed by atoms with Gasteiger partial charge in [0, 0.05) is 17.1 Å². The number of nitrogens with zero attached hydrogens (tertiary/aromatic N) is 1. The van der Waals surface area contributed by atoms with Crippen molar-refractivity contribution in [1.82, 2.24) is 4.57 Å². The lowest BCUT2D eigenvalue weighted by Gasteiger charge is -2.06. The summed E-state index contributed by atoms with van der Waals surface area (Å²) in [6, 6.07) is 17.4. The van der Waals surface area contributed by atoms with Crippen LogP contribution in [0.1, 0.15) is 15.9 Å². The summed E-state index contributed by atoms with van der Waals surface area (Å²) in [4.78, 5) is 12.2. The average Bonchev–Trinajstić information content (AvgIpc) is 3.33. The van der Waals surface area contributed by atoms with Crippen molar-refractivity contribution in [3.63, 3.8) is 0 Å². The maximum absolute atomic E-state index is 12.2. The van der Waals surface area contributed by atoms with E-state index in [0.29, 0.717) is 11.7 Å². The van der Waals surface area contributed by atoms with E-state index in [-0.39, 0.29) is 12.6 Å². The van der Waals surface area contributed by atoms with Gasteiger partial charge in [-0.05, 0) is 29.8 Å². The van der Waals surface area contributed by atoms with Crippen molar-refractivity contribution in [2.24, 2.45) is 0 Å². The molecule has 0 bridgehead atoms. The van der Waals surface area contributed by atoms with E-state index in [1.807, 2.05) is 60.8 Å². The van der Waals surface area contributed by atoms with Gasteiger partial charge in [0.05, 0.1) is 24.8 Å². The molecule has 0 spiro atoms. The SMILES string of the molecule is O=C(OCc1ccccc1)c1ccc2c(ccn2CC2CO2)c1. The van der Waals surface area contributed by atoms with E-state index in [4.69, 9.17) is 9.47 Å². The van der Waals surface area contributed by atoms with Crippen LogP contribution < -0.4 is 0 Å². The van der Waals surface area contributed by atoms with Gasteiger partial charge in [-0.2, -0.15) is 0 Å². The lowest BCUT2D eigenvalue weighted by atomic mass is 10.1. The quantitative estimate of drug-likeness (QED) is 0.536. The smallest absolute Gasteiger partial charge is 0.338 e. The van der Waals surface area contributed by atoms with Gasteiger partial charge in [-0.15, -0.1) is 0 Å². The van der Waals surface area contributed by atoms with Crippen LogP contribution in [0.25, 0.3) is 10.9 Å². The standard InChI is InChI=1S/C19H17NO3/c21-19(23-12-14-4-2-1-3-5-14)16-6-7-18-15(10-16)8-9-20(18)11-17-13-22-17/h1-10,17H,11-13H2. The summed E-state index contributed by atoms with van der Waals surface area (Å²) in [5.74, 6) is -0.297. The Morgan fingerprint density at radius 3 is 2.78 bits per heavy atom. The second-order valence-electron chi connectivity index (χ2n) is 5.76. The summed E-state index contributed by atoms with van der Waals surface area (Å²) in [6.45, 7) is 1.99. The molecule has 0 amide bonds. The van der Waals surface area contributed by atoms with Crippen molar-refractivity contribution in [3.05, 3.63) is 71.9 Å². The predicted molar refractivity (Wildman–Crippen MR) is 87.2 cm³/mol. The Labute approximate surface area is 134 Å². The molecule has 1 fully saturated rings. The highest BCUT2D eigenvalue weighted by Gasteiger charge is 2.23. The Hall–Kier alpha value is -2.59. The van der Waals surface area contributed by atoms with E-state index >= 15 is 0 Å². The number of hydrogen-bond donors (Lipinski definition) is 0. The van der Waals surface area contributed by atoms with Crippen LogP contribution in [-0.4, -0.2) is 23.2 Å². The van der Waals surface area contributed by atoms with Crippen molar-refractivity contribution < 1.29 is 14.3 Å². The second kappa shape index (κ2) is 5.89. The number of carbonyl (C=O) groups excluding carboxylic acids is 1. The molecule has 116 valence electrons. The number of rotatable bonds is 5. The number of hydrogen-bond acceptors (Lipinski definition) is 3. The largest absolute Gasteiger partial charge is 0.457 e. The molecule has 4 rings (SSSR count). The fourth-order valence-electron chi connectivity index (χ4n) is 2.69. The van der Waals surface area contributed by atoms with Crippen molar-refractivity contribution in [2.45, 2.75) is 19.3 Å². The summed E-state index contributed by atoms with van der Waals surface area (Å²) in [7, 11) is 0. The highest BCUT2D eigenvalue weighted by atomic mass is 16.6. The van der Waals surface area contributed by atoms with Gasteiger partial charge in [0.25, 0.3) is 0 Å². The number of epoxide rings is 1. The average molecular weight is 307 g/mol. The molecule has 0 N–H and O–H groups in total. The van der Waals surface area contributed by atoms with Crippen molar-refractivity contribution in [3.8, 4) is 0 Å². The van der Waals surface area contributed by atoms with E-state index in [1.165, 1.54) is 0 Å². The van der Waals surface area contributed by atoms with Crippen LogP contribution >= 0.6 is 0 Å².